The molecule has 2 aliphatic carbocycles. The van der Waals surface area contributed by atoms with Gasteiger partial charge in [0.15, 0.2) is 0 Å². The number of aromatic nitrogens is 1. The van der Waals surface area contributed by atoms with E-state index in [1.165, 1.54) is 6.42 Å². The fraction of sp³-hybridized carbons (Fsp3) is 0.650. The molecule has 140 valence electrons. The number of carbonyl (C=O) groups is 2. The van der Waals surface area contributed by atoms with Gasteiger partial charge in [-0.05, 0) is 69.4 Å². The molecule has 0 aromatic carbocycles. The third-order valence-corrected chi connectivity index (χ3v) is 6.01. The lowest BCUT2D eigenvalue weighted by Gasteiger charge is -2.46. The van der Waals surface area contributed by atoms with E-state index in [0.29, 0.717) is 30.2 Å². The highest BCUT2D eigenvalue weighted by atomic mass is 16.6. The zero-order valence-electron chi connectivity index (χ0n) is 15.3. The van der Waals surface area contributed by atoms with Crippen molar-refractivity contribution in [3.05, 3.63) is 29.6 Å². The number of fused-ring (bicyclic) bond motifs is 2. The van der Waals surface area contributed by atoms with Crippen molar-refractivity contribution in [1.82, 2.24) is 15.2 Å². The smallest absolute Gasteiger partial charge is 0.410 e. The summed E-state index contributed by atoms with van der Waals surface area (Å²) < 4.78 is 5.22. The van der Waals surface area contributed by atoms with Crippen molar-refractivity contribution >= 4 is 12.0 Å². The van der Waals surface area contributed by atoms with E-state index in [1.54, 1.807) is 6.07 Å². The highest BCUT2D eigenvalue weighted by Crippen LogP contribution is 2.42. The predicted molar refractivity (Wildman–Crippen MR) is 96.8 cm³/mol. The van der Waals surface area contributed by atoms with Gasteiger partial charge in [0.2, 0.25) is 0 Å². The average Bonchev–Trinajstić information content (AvgIpc) is 2.61. The topological polar surface area (TPSA) is 71.5 Å². The summed E-state index contributed by atoms with van der Waals surface area (Å²) in [6.45, 7) is 3.27. The van der Waals surface area contributed by atoms with Gasteiger partial charge in [0.1, 0.15) is 5.69 Å². The molecule has 1 aromatic heterocycles. The number of hydrogen-bond acceptors (Lipinski definition) is 4. The monoisotopic (exact) mass is 357 g/mol. The molecule has 3 aliphatic rings. The van der Waals surface area contributed by atoms with Crippen molar-refractivity contribution in [2.24, 2.45) is 11.8 Å². The molecule has 0 spiro atoms. The maximum Gasteiger partial charge on any atom is 0.410 e. The van der Waals surface area contributed by atoms with Gasteiger partial charge >= 0.3 is 6.09 Å². The van der Waals surface area contributed by atoms with Crippen LogP contribution in [0.1, 0.15) is 54.7 Å². The number of rotatable bonds is 3. The molecule has 2 bridgehead atoms. The minimum absolute atomic E-state index is 0.0742. The van der Waals surface area contributed by atoms with Crippen molar-refractivity contribution < 1.29 is 14.3 Å². The second kappa shape index (κ2) is 7.25. The van der Waals surface area contributed by atoms with Crippen LogP contribution in [0.2, 0.25) is 0 Å². The van der Waals surface area contributed by atoms with Crippen LogP contribution in [-0.2, 0) is 4.74 Å². The van der Waals surface area contributed by atoms with E-state index in [9.17, 15) is 9.59 Å². The SMILES string of the molecule is Cc1cccc(C(=O)NC2CC3CC(C2)CC(N2CCCOC2=O)C3)n1. The number of ether oxygens (including phenoxy) is 1. The zero-order valence-corrected chi connectivity index (χ0v) is 15.3. The lowest BCUT2D eigenvalue weighted by Crippen LogP contribution is -2.51. The molecule has 1 aliphatic heterocycles. The molecule has 1 aromatic rings. The number of pyridine rings is 1. The van der Waals surface area contributed by atoms with Crippen LogP contribution in [0, 0.1) is 18.8 Å². The first-order valence-corrected chi connectivity index (χ1v) is 9.76. The molecule has 1 saturated heterocycles. The van der Waals surface area contributed by atoms with E-state index in [4.69, 9.17) is 4.74 Å². The molecule has 26 heavy (non-hydrogen) atoms. The van der Waals surface area contributed by atoms with E-state index in [2.05, 4.69) is 10.3 Å². The second-order valence-corrected chi connectivity index (χ2v) is 8.06. The molecule has 2 amide bonds. The Morgan fingerprint density at radius 3 is 2.65 bits per heavy atom. The van der Waals surface area contributed by atoms with Crippen molar-refractivity contribution in [1.29, 1.82) is 0 Å². The van der Waals surface area contributed by atoms with Gasteiger partial charge in [-0.15, -0.1) is 0 Å². The summed E-state index contributed by atoms with van der Waals surface area (Å²) in [5.74, 6) is 1.06. The summed E-state index contributed by atoms with van der Waals surface area (Å²) in [5.41, 5.74) is 1.35. The molecule has 2 heterocycles. The summed E-state index contributed by atoms with van der Waals surface area (Å²) in [6, 6.07) is 6.05. The lowest BCUT2D eigenvalue weighted by molar-refractivity contribution is 0.0200. The van der Waals surface area contributed by atoms with Crippen LogP contribution in [0.25, 0.3) is 0 Å². The fourth-order valence-corrected chi connectivity index (χ4v) is 5.02. The van der Waals surface area contributed by atoms with Crippen LogP contribution >= 0.6 is 0 Å². The number of cyclic esters (lactones) is 1. The van der Waals surface area contributed by atoms with E-state index < -0.39 is 0 Å². The van der Waals surface area contributed by atoms with Crippen molar-refractivity contribution in [2.75, 3.05) is 13.2 Å². The molecule has 2 unspecified atom stereocenters. The number of amides is 2. The van der Waals surface area contributed by atoms with Crippen molar-refractivity contribution in [3.63, 3.8) is 0 Å². The van der Waals surface area contributed by atoms with E-state index >= 15 is 0 Å². The normalized spacial score (nSPS) is 31.3. The number of hydrogen-bond donors (Lipinski definition) is 1. The Hall–Kier alpha value is -2.11. The quantitative estimate of drug-likeness (QED) is 0.903. The van der Waals surface area contributed by atoms with Crippen LogP contribution in [0.3, 0.4) is 0 Å². The summed E-state index contributed by atoms with van der Waals surface area (Å²) in [4.78, 5) is 30.8. The third-order valence-electron chi connectivity index (χ3n) is 6.01. The van der Waals surface area contributed by atoms with Crippen molar-refractivity contribution in [3.8, 4) is 0 Å². The Bertz CT molecular complexity index is 679. The first-order valence-electron chi connectivity index (χ1n) is 9.76. The van der Waals surface area contributed by atoms with Gasteiger partial charge in [-0.3, -0.25) is 4.79 Å². The number of nitrogens with zero attached hydrogens (tertiary/aromatic N) is 2. The summed E-state index contributed by atoms with van der Waals surface area (Å²) in [7, 11) is 0. The molecule has 1 N–H and O–H groups in total. The highest BCUT2D eigenvalue weighted by molar-refractivity contribution is 5.92. The Morgan fingerprint density at radius 1 is 1.19 bits per heavy atom. The van der Waals surface area contributed by atoms with Gasteiger partial charge in [-0.1, -0.05) is 6.07 Å². The molecular formula is C20H27N3O3. The third kappa shape index (κ3) is 3.69. The maximum atomic E-state index is 12.5. The lowest BCUT2D eigenvalue weighted by atomic mass is 9.68. The minimum Gasteiger partial charge on any atom is -0.449 e. The summed E-state index contributed by atoms with van der Waals surface area (Å²) in [5, 5.41) is 3.19. The summed E-state index contributed by atoms with van der Waals surface area (Å²) in [6.07, 6.45) is 6.05. The standard InChI is InChI=1S/C20H27N3O3/c1-13-4-2-5-18(21-13)19(24)22-16-9-14-8-15(10-16)12-17(11-14)23-6-3-7-26-20(23)25/h2,4-5,14-17H,3,6-12H2,1H3,(H,22,24). The van der Waals surface area contributed by atoms with Crippen LogP contribution in [0.15, 0.2) is 18.2 Å². The minimum atomic E-state index is -0.142. The molecule has 6 nitrogen and oxygen atoms in total. The second-order valence-electron chi connectivity index (χ2n) is 8.06. The van der Waals surface area contributed by atoms with E-state index in [1.807, 2.05) is 24.0 Å². The van der Waals surface area contributed by atoms with Crippen LogP contribution in [0.4, 0.5) is 4.79 Å². The van der Waals surface area contributed by atoms with Gasteiger partial charge < -0.3 is 15.0 Å². The van der Waals surface area contributed by atoms with E-state index in [0.717, 1.165) is 44.3 Å². The number of aryl methyl sites for hydroxylation is 1. The molecule has 2 saturated carbocycles. The van der Waals surface area contributed by atoms with Gasteiger partial charge in [0.25, 0.3) is 5.91 Å². The zero-order chi connectivity index (χ0) is 18.1. The predicted octanol–water partition coefficient (Wildman–Crippen LogP) is 2.91. The van der Waals surface area contributed by atoms with E-state index in [-0.39, 0.29) is 18.0 Å². The van der Waals surface area contributed by atoms with Crippen LogP contribution in [0.5, 0.6) is 0 Å². The van der Waals surface area contributed by atoms with Gasteiger partial charge in [0, 0.05) is 24.3 Å². The Morgan fingerprint density at radius 2 is 1.96 bits per heavy atom. The summed E-state index contributed by atoms with van der Waals surface area (Å²) >= 11 is 0. The van der Waals surface area contributed by atoms with Crippen LogP contribution < -0.4 is 5.32 Å². The van der Waals surface area contributed by atoms with Gasteiger partial charge in [-0.25, -0.2) is 9.78 Å². The van der Waals surface area contributed by atoms with Gasteiger partial charge in [-0.2, -0.15) is 0 Å². The number of carbonyl (C=O) groups excluding carboxylic acids is 2. The molecule has 4 rings (SSSR count). The van der Waals surface area contributed by atoms with Crippen LogP contribution in [-0.4, -0.2) is 47.1 Å². The average molecular weight is 357 g/mol. The Labute approximate surface area is 154 Å². The highest BCUT2D eigenvalue weighted by Gasteiger charge is 2.40. The van der Waals surface area contributed by atoms with Crippen molar-refractivity contribution in [2.45, 2.75) is 57.5 Å². The molecule has 6 heteroatoms. The molecular weight excluding hydrogens is 330 g/mol. The molecule has 0 radical (unpaired) electrons. The Kier molecular flexibility index (Phi) is 4.83. The van der Waals surface area contributed by atoms with Gasteiger partial charge in [0.05, 0.1) is 6.61 Å². The first kappa shape index (κ1) is 17.3. The maximum absolute atomic E-state index is 12.5. The molecule has 2 atom stereocenters. The fourth-order valence-electron chi connectivity index (χ4n) is 5.02. The number of nitrogens with one attached hydrogen (secondary N) is 1. The largest absolute Gasteiger partial charge is 0.449 e. The molecule has 3 fully saturated rings. The first-order chi connectivity index (χ1) is 12.6. The Balaban J connectivity index is 1.36.